The van der Waals surface area contributed by atoms with E-state index in [1.54, 1.807) is 11.9 Å². The molecule has 1 aliphatic carbocycles. The molecular weight excluding hydrogens is 316 g/mol. The molecule has 0 unspecified atom stereocenters. The number of fused-ring (bicyclic) bond motifs is 1. The van der Waals surface area contributed by atoms with E-state index in [0.717, 1.165) is 19.3 Å². The van der Waals surface area contributed by atoms with Crippen LogP contribution in [0.1, 0.15) is 54.6 Å². The molecule has 0 saturated carbocycles. The number of carbonyl (C=O) groups is 3. The highest BCUT2D eigenvalue weighted by atomic mass is 16.2. The van der Waals surface area contributed by atoms with E-state index in [1.165, 1.54) is 16.0 Å². The predicted octanol–water partition coefficient (Wildman–Crippen LogP) is 2.46. The van der Waals surface area contributed by atoms with Gasteiger partial charge in [0, 0.05) is 38.5 Å². The van der Waals surface area contributed by atoms with Crippen molar-refractivity contribution >= 4 is 17.6 Å². The minimum atomic E-state index is -0.171. The van der Waals surface area contributed by atoms with Gasteiger partial charge in [-0.3, -0.25) is 14.4 Å². The van der Waals surface area contributed by atoms with Crippen LogP contribution in [0.3, 0.4) is 0 Å². The lowest BCUT2D eigenvalue weighted by atomic mass is 10.0. The molecule has 0 bridgehead atoms. The fourth-order valence-corrected chi connectivity index (χ4v) is 3.27. The standard InChI is InChI=1S/C20H28N2O3/c1-4-22(5-2)20(25)14-21(3)19(24)12-11-18(23)17-10-9-15-7-6-8-16(15)13-17/h9-10,13H,4-8,11-12,14H2,1-3H3. The van der Waals surface area contributed by atoms with Gasteiger partial charge < -0.3 is 9.80 Å². The number of hydrogen-bond acceptors (Lipinski definition) is 3. The largest absolute Gasteiger partial charge is 0.342 e. The van der Waals surface area contributed by atoms with Crippen LogP contribution in [0.2, 0.25) is 0 Å². The highest BCUT2D eigenvalue weighted by Crippen LogP contribution is 2.23. The average molecular weight is 344 g/mol. The maximum Gasteiger partial charge on any atom is 0.242 e. The van der Waals surface area contributed by atoms with Crippen LogP contribution in [0, 0.1) is 0 Å². The number of likely N-dealkylation sites (N-methyl/N-ethyl adjacent to an activating group) is 2. The van der Waals surface area contributed by atoms with E-state index in [4.69, 9.17) is 0 Å². The van der Waals surface area contributed by atoms with Crippen molar-refractivity contribution in [2.45, 2.75) is 46.0 Å². The Kier molecular flexibility index (Phi) is 6.73. The van der Waals surface area contributed by atoms with Crippen LogP contribution in [-0.2, 0) is 22.4 Å². The van der Waals surface area contributed by atoms with E-state index in [0.29, 0.717) is 18.7 Å². The molecule has 0 N–H and O–H groups in total. The number of nitrogens with zero attached hydrogens (tertiary/aromatic N) is 2. The molecule has 1 aromatic carbocycles. The summed E-state index contributed by atoms with van der Waals surface area (Å²) in [6.45, 7) is 5.16. The number of amides is 2. The molecule has 2 amide bonds. The van der Waals surface area contributed by atoms with Crippen LogP contribution < -0.4 is 0 Å². The maximum atomic E-state index is 12.3. The lowest BCUT2D eigenvalue weighted by Gasteiger charge is -2.23. The van der Waals surface area contributed by atoms with Gasteiger partial charge in [-0.1, -0.05) is 12.1 Å². The van der Waals surface area contributed by atoms with Crippen LogP contribution in [0.4, 0.5) is 0 Å². The molecule has 136 valence electrons. The first-order valence-corrected chi connectivity index (χ1v) is 9.13. The van der Waals surface area contributed by atoms with Crippen LogP contribution in [-0.4, -0.2) is 54.1 Å². The fourth-order valence-electron chi connectivity index (χ4n) is 3.27. The van der Waals surface area contributed by atoms with Gasteiger partial charge >= 0.3 is 0 Å². The summed E-state index contributed by atoms with van der Waals surface area (Å²) in [5.74, 6) is -0.243. The summed E-state index contributed by atoms with van der Waals surface area (Å²) in [4.78, 5) is 39.7. The highest BCUT2D eigenvalue weighted by Gasteiger charge is 2.18. The highest BCUT2D eigenvalue weighted by molar-refractivity contribution is 5.98. The summed E-state index contributed by atoms with van der Waals surface area (Å²) in [6.07, 6.45) is 3.59. The van der Waals surface area contributed by atoms with E-state index in [2.05, 4.69) is 0 Å². The van der Waals surface area contributed by atoms with E-state index in [1.807, 2.05) is 32.0 Å². The van der Waals surface area contributed by atoms with Gasteiger partial charge in [0.15, 0.2) is 5.78 Å². The molecule has 0 atom stereocenters. The van der Waals surface area contributed by atoms with Crippen LogP contribution in [0.25, 0.3) is 0 Å². The van der Waals surface area contributed by atoms with Gasteiger partial charge in [-0.25, -0.2) is 0 Å². The number of aryl methyl sites for hydroxylation is 2. The number of ketones is 1. The molecule has 5 heteroatoms. The Balaban J connectivity index is 1.84. The molecule has 5 nitrogen and oxygen atoms in total. The number of benzene rings is 1. The SMILES string of the molecule is CCN(CC)C(=O)CN(C)C(=O)CCC(=O)c1ccc2c(c1)CCC2. The van der Waals surface area contributed by atoms with Gasteiger partial charge in [-0.2, -0.15) is 0 Å². The second-order valence-electron chi connectivity index (χ2n) is 6.58. The quantitative estimate of drug-likeness (QED) is 0.681. The van der Waals surface area contributed by atoms with E-state index in [-0.39, 0.29) is 37.0 Å². The Morgan fingerprint density at radius 1 is 0.960 bits per heavy atom. The first-order chi connectivity index (χ1) is 12.0. The third-order valence-corrected chi connectivity index (χ3v) is 4.90. The normalized spacial score (nSPS) is 12.6. The minimum absolute atomic E-state index is 0.00785. The third kappa shape index (κ3) is 4.91. The van der Waals surface area contributed by atoms with Gasteiger partial charge in [-0.15, -0.1) is 0 Å². The fraction of sp³-hybridized carbons (Fsp3) is 0.550. The summed E-state index contributed by atoms with van der Waals surface area (Å²) in [7, 11) is 1.61. The molecule has 0 fully saturated rings. The number of Topliss-reactive ketones (excluding diaryl/α,β-unsaturated/α-hetero) is 1. The number of carbonyl (C=O) groups excluding carboxylic acids is 3. The second kappa shape index (κ2) is 8.79. The third-order valence-electron chi connectivity index (χ3n) is 4.90. The van der Waals surface area contributed by atoms with Crippen molar-refractivity contribution in [1.82, 2.24) is 9.80 Å². The topological polar surface area (TPSA) is 57.7 Å². The summed E-state index contributed by atoms with van der Waals surface area (Å²) in [6, 6.07) is 5.87. The summed E-state index contributed by atoms with van der Waals surface area (Å²) in [5.41, 5.74) is 3.29. The van der Waals surface area contributed by atoms with Crippen molar-refractivity contribution in [3.8, 4) is 0 Å². The van der Waals surface area contributed by atoms with Crippen LogP contribution in [0.5, 0.6) is 0 Å². The van der Waals surface area contributed by atoms with Gasteiger partial charge in [0.1, 0.15) is 0 Å². The number of hydrogen-bond donors (Lipinski definition) is 0. The van der Waals surface area contributed by atoms with Gasteiger partial charge in [0.2, 0.25) is 11.8 Å². The van der Waals surface area contributed by atoms with Gasteiger partial charge in [0.25, 0.3) is 0 Å². The number of rotatable bonds is 8. The molecule has 1 aliphatic rings. The Labute approximate surface area is 150 Å². The van der Waals surface area contributed by atoms with Crippen LogP contribution in [0.15, 0.2) is 18.2 Å². The molecule has 1 aromatic rings. The summed E-state index contributed by atoms with van der Waals surface area (Å²) in [5, 5.41) is 0. The second-order valence-corrected chi connectivity index (χ2v) is 6.58. The first-order valence-electron chi connectivity index (χ1n) is 9.13. The summed E-state index contributed by atoms with van der Waals surface area (Å²) >= 11 is 0. The molecule has 25 heavy (non-hydrogen) atoms. The molecule has 0 aliphatic heterocycles. The Bertz CT molecular complexity index is 650. The van der Waals surface area contributed by atoms with Crippen molar-refractivity contribution in [2.75, 3.05) is 26.7 Å². The Hall–Kier alpha value is -2.17. The van der Waals surface area contributed by atoms with Crippen LogP contribution >= 0.6 is 0 Å². The molecule has 0 heterocycles. The summed E-state index contributed by atoms with van der Waals surface area (Å²) < 4.78 is 0. The Morgan fingerprint density at radius 2 is 1.64 bits per heavy atom. The monoisotopic (exact) mass is 344 g/mol. The molecule has 2 rings (SSSR count). The zero-order valence-corrected chi connectivity index (χ0v) is 15.5. The smallest absolute Gasteiger partial charge is 0.242 e. The molecule has 0 saturated heterocycles. The van der Waals surface area contributed by atoms with E-state index < -0.39 is 0 Å². The van der Waals surface area contributed by atoms with Crippen molar-refractivity contribution in [1.29, 1.82) is 0 Å². The lowest BCUT2D eigenvalue weighted by Crippen LogP contribution is -2.41. The van der Waals surface area contributed by atoms with Crippen molar-refractivity contribution in [2.24, 2.45) is 0 Å². The molecule has 0 radical (unpaired) electrons. The molecule has 0 aromatic heterocycles. The minimum Gasteiger partial charge on any atom is -0.342 e. The van der Waals surface area contributed by atoms with E-state index >= 15 is 0 Å². The first kappa shape index (κ1) is 19.2. The zero-order chi connectivity index (χ0) is 18.4. The molecular formula is C20H28N2O3. The van der Waals surface area contributed by atoms with Crippen molar-refractivity contribution < 1.29 is 14.4 Å². The van der Waals surface area contributed by atoms with Gasteiger partial charge in [-0.05, 0) is 50.3 Å². The van der Waals surface area contributed by atoms with Gasteiger partial charge in [0.05, 0.1) is 6.54 Å². The lowest BCUT2D eigenvalue weighted by molar-refractivity contribution is -0.139. The van der Waals surface area contributed by atoms with Crippen molar-refractivity contribution in [3.63, 3.8) is 0 Å². The Morgan fingerprint density at radius 3 is 2.32 bits per heavy atom. The average Bonchev–Trinajstić information content (AvgIpc) is 3.07. The van der Waals surface area contributed by atoms with E-state index in [9.17, 15) is 14.4 Å². The molecule has 0 spiro atoms. The maximum absolute atomic E-state index is 12.3. The zero-order valence-electron chi connectivity index (χ0n) is 15.5. The predicted molar refractivity (Wildman–Crippen MR) is 97.6 cm³/mol. The van der Waals surface area contributed by atoms with Crippen molar-refractivity contribution in [3.05, 3.63) is 34.9 Å².